The van der Waals surface area contributed by atoms with Gasteiger partial charge in [-0.3, -0.25) is 14.4 Å². The summed E-state index contributed by atoms with van der Waals surface area (Å²) in [5.74, 6) is -0.922. The van der Waals surface area contributed by atoms with E-state index in [-0.39, 0.29) is 31.1 Å². The van der Waals surface area contributed by atoms with Gasteiger partial charge in [0.2, 0.25) is 0 Å². The number of carbonyl (C=O) groups excluding carboxylic acids is 3. The normalized spacial score (nSPS) is 12.9. The average Bonchev–Trinajstić information content (AvgIpc) is 3.35. The summed E-state index contributed by atoms with van der Waals surface area (Å²) in [4.78, 5) is 38.1. The second kappa shape index (κ2) is 56.7. The van der Waals surface area contributed by atoms with Crippen LogP contribution in [0.4, 0.5) is 0 Å². The molecule has 1 atom stereocenters. The van der Waals surface area contributed by atoms with Gasteiger partial charge in [-0.25, -0.2) is 0 Å². The second-order valence-corrected chi connectivity index (χ2v) is 18.4. The fraction of sp³-hybridized carbons (Fsp3) is 0.667. The van der Waals surface area contributed by atoms with E-state index < -0.39 is 6.10 Å². The van der Waals surface area contributed by atoms with Gasteiger partial charge in [0.05, 0.1) is 0 Å². The molecule has 0 aliphatic carbocycles. The molecule has 0 N–H and O–H groups in total. The lowest BCUT2D eigenvalue weighted by molar-refractivity contribution is -0.167. The Bertz CT molecular complexity index is 1420. The zero-order valence-electron chi connectivity index (χ0n) is 44.8. The Morgan fingerprint density at radius 2 is 0.565 bits per heavy atom. The smallest absolute Gasteiger partial charge is 0.306 e. The molecule has 0 aliphatic heterocycles. The van der Waals surface area contributed by atoms with Crippen molar-refractivity contribution in [2.45, 2.75) is 258 Å². The number of allylic oxidation sites excluding steroid dienone is 18. The molecule has 0 fully saturated rings. The molecule has 0 saturated carbocycles. The van der Waals surface area contributed by atoms with Gasteiger partial charge in [0.1, 0.15) is 13.2 Å². The third-order valence-corrected chi connectivity index (χ3v) is 11.7. The topological polar surface area (TPSA) is 78.9 Å². The molecular weight excluding hydrogens is 853 g/mol. The van der Waals surface area contributed by atoms with Crippen molar-refractivity contribution in [2.24, 2.45) is 0 Å². The minimum absolute atomic E-state index is 0.0914. The van der Waals surface area contributed by atoms with Gasteiger partial charge in [0, 0.05) is 19.3 Å². The SMILES string of the molecule is CC/C=C\C/C=C\C/C=C\C/C=C\C/C=C\CCCCCCCCCC(=O)OCC(COC(=O)CCCCCCC/C=C\CCCC)OC(=O)CCCCCCCCC/C=C\C/C=C\C/C=C\CC. The highest BCUT2D eigenvalue weighted by molar-refractivity contribution is 5.71. The summed E-state index contributed by atoms with van der Waals surface area (Å²) in [6.07, 6.45) is 76.5. The van der Waals surface area contributed by atoms with Crippen molar-refractivity contribution < 1.29 is 28.6 Å². The molecule has 0 saturated heterocycles. The third-order valence-electron chi connectivity index (χ3n) is 11.7. The second-order valence-electron chi connectivity index (χ2n) is 18.4. The highest BCUT2D eigenvalue weighted by Gasteiger charge is 2.19. The van der Waals surface area contributed by atoms with E-state index in [1.807, 2.05) is 0 Å². The fourth-order valence-electron chi connectivity index (χ4n) is 7.52. The Labute approximate surface area is 425 Å². The van der Waals surface area contributed by atoms with Gasteiger partial charge in [-0.1, -0.05) is 226 Å². The van der Waals surface area contributed by atoms with Crippen molar-refractivity contribution >= 4 is 17.9 Å². The Hall–Kier alpha value is -3.93. The minimum atomic E-state index is -0.793. The number of esters is 3. The molecule has 0 aromatic heterocycles. The molecule has 1 unspecified atom stereocenters. The van der Waals surface area contributed by atoms with Crippen molar-refractivity contribution in [3.05, 3.63) is 109 Å². The van der Waals surface area contributed by atoms with E-state index in [1.165, 1.54) is 77.0 Å². The van der Waals surface area contributed by atoms with Crippen LogP contribution in [0.25, 0.3) is 0 Å². The van der Waals surface area contributed by atoms with Crippen LogP contribution in [0.1, 0.15) is 252 Å². The summed E-state index contributed by atoms with van der Waals surface area (Å²) in [5.41, 5.74) is 0. The third kappa shape index (κ3) is 54.9. The van der Waals surface area contributed by atoms with Crippen LogP contribution in [0, 0.1) is 0 Å². The maximum Gasteiger partial charge on any atom is 0.306 e. The summed E-state index contributed by atoms with van der Waals surface area (Å²) < 4.78 is 16.8. The maximum absolute atomic E-state index is 12.8. The van der Waals surface area contributed by atoms with Crippen molar-refractivity contribution in [1.29, 1.82) is 0 Å². The van der Waals surface area contributed by atoms with Crippen molar-refractivity contribution in [2.75, 3.05) is 13.2 Å². The lowest BCUT2D eigenvalue weighted by atomic mass is 10.1. The van der Waals surface area contributed by atoms with Gasteiger partial charge >= 0.3 is 17.9 Å². The van der Waals surface area contributed by atoms with E-state index >= 15 is 0 Å². The summed E-state index contributed by atoms with van der Waals surface area (Å²) in [6.45, 7) is 6.35. The minimum Gasteiger partial charge on any atom is -0.462 e. The van der Waals surface area contributed by atoms with Gasteiger partial charge in [0.25, 0.3) is 0 Å². The molecule has 0 aliphatic rings. The van der Waals surface area contributed by atoms with E-state index in [9.17, 15) is 14.4 Å². The first-order chi connectivity index (χ1) is 34.0. The van der Waals surface area contributed by atoms with Crippen LogP contribution < -0.4 is 0 Å². The molecule has 0 radical (unpaired) electrons. The highest BCUT2D eigenvalue weighted by atomic mass is 16.6. The largest absolute Gasteiger partial charge is 0.462 e. The predicted molar refractivity (Wildman–Crippen MR) is 297 cm³/mol. The van der Waals surface area contributed by atoms with Gasteiger partial charge in [-0.05, 0) is 116 Å². The van der Waals surface area contributed by atoms with E-state index in [2.05, 4.69) is 130 Å². The van der Waals surface area contributed by atoms with Crippen LogP contribution in [-0.4, -0.2) is 37.2 Å². The number of unbranched alkanes of at least 4 members (excludes halogenated alkanes) is 21. The molecule has 6 heteroatoms. The molecule has 0 heterocycles. The summed E-state index contributed by atoms with van der Waals surface area (Å²) in [5, 5.41) is 0. The monoisotopic (exact) mass is 957 g/mol. The molecule has 0 bridgehead atoms. The predicted octanol–water partition coefficient (Wildman–Crippen LogP) is 19.1. The zero-order chi connectivity index (χ0) is 50.0. The lowest BCUT2D eigenvalue weighted by Crippen LogP contribution is -2.30. The van der Waals surface area contributed by atoms with Crippen LogP contribution in [0.5, 0.6) is 0 Å². The molecule has 392 valence electrons. The molecule has 6 nitrogen and oxygen atoms in total. The van der Waals surface area contributed by atoms with Gasteiger partial charge in [-0.2, -0.15) is 0 Å². The van der Waals surface area contributed by atoms with Crippen LogP contribution >= 0.6 is 0 Å². The summed E-state index contributed by atoms with van der Waals surface area (Å²) in [6, 6.07) is 0. The number of ether oxygens (including phenoxy) is 3. The fourth-order valence-corrected chi connectivity index (χ4v) is 7.52. The quantitative estimate of drug-likeness (QED) is 0.0262. The van der Waals surface area contributed by atoms with Gasteiger partial charge in [0.15, 0.2) is 6.10 Å². The molecule has 0 rings (SSSR count). The van der Waals surface area contributed by atoms with Crippen LogP contribution in [0.2, 0.25) is 0 Å². The summed E-state index contributed by atoms with van der Waals surface area (Å²) in [7, 11) is 0. The number of hydrogen-bond acceptors (Lipinski definition) is 6. The molecule has 69 heavy (non-hydrogen) atoms. The van der Waals surface area contributed by atoms with E-state index in [4.69, 9.17) is 14.2 Å². The number of rotatable bonds is 50. The Balaban J connectivity index is 4.37. The zero-order valence-corrected chi connectivity index (χ0v) is 44.8. The molecule has 0 aromatic carbocycles. The van der Waals surface area contributed by atoms with Gasteiger partial charge < -0.3 is 14.2 Å². The number of hydrogen-bond donors (Lipinski definition) is 0. The van der Waals surface area contributed by atoms with E-state index in [0.29, 0.717) is 19.3 Å². The standard InChI is InChI=1S/C63H104O6/c1-4-7-10-13-16-19-22-24-26-28-29-30-31-32-33-35-36-38-41-44-47-50-53-56-62(65)68-59-60(58-67-61(64)55-52-49-46-43-40-21-18-15-12-9-6-3)69-63(66)57-54-51-48-45-42-39-37-34-27-25-23-20-17-14-11-8-5-2/h7-8,10-11,15-20,24-27,29-30,32-33,60H,4-6,9,12-14,21-23,28,31,34-59H2,1-3H3/b10-7-,11-8-,18-15-,19-16-,20-17-,26-24-,27-25-,30-29-,33-32-. The van der Waals surface area contributed by atoms with Gasteiger partial charge in [-0.15, -0.1) is 0 Å². The average molecular weight is 958 g/mol. The van der Waals surface area contributed by atoms with Crippen molar-refractivity contribution in [1.82, 2.24) is 0 Å². The lowest BCUT2D eigenvalue weighted by Gasteiger charge is -2.18. The Morgan fingerprint density at radius 3 is 0.899 bits per heavy atom. The molecule has 0 spiro atoms. The molecule has 0 aromatic rings. The molecular formula is C63H104O6. The first kappa shape index (κ1) is 65.1. The van der Waals surface area contributed by atoms with Crippen LogP contribution in [0.3, 0.4) is 0 Å². The first-order valence-electron chi connectivity index (χ1n) is 28.4. The van der Waals surface area contributed by atoms with Crippen molar-refractivity contribution in [3.8, 4) is 0 Å². The van der Waals surface area contributed by atoms with Crippen molar-refractivity contribution in [3.63, 3.8) is 0 Å². The molecule has 0 amide bonds. The van der Waals surface area contributed by atoms with E-state index in [0.717, 1.165) is 135 Å². The van der Waals surface area contributed by atoms with Crippen LogP contribution in [-0.2, 0) is 28.6 Å². The Morgan fingerprint density at radius 1 is 0.304 bits per heavy atom. The number of carbonyl (C=O) groups is 3. The van der Waals surface area contributed by atoms with Crippen LogP contribution in [0.15, 0.2) is 109 Å². The Kier molecular flexibility index (Phi) is 53.4. The first-order valence-corrected chi connectivity index (χ1v) is 28.4. The van der Waals surface area contributed by atoms with E-state index in [1.54, 1.807) is 0 Å². The summed E-state index contributed by atoms with van der Waals surface area (Å²) >= 11 is 0. The highest BCUT2D eigenvalue weighted by Crippen LogP contribution is 2.14. The maximum atomic E-state index is 12.8.